The molecule has 0 atom stereocenters. The first-order chi connectivity index (χ1) is 9.74. The number of rotatable bonds is 2. The fourth-order valence-electron chi connectivity index (χ4n) is 1.77. The summed E-state index contributed by atoms with van der Waals surface area (Å²) in [5.74, 6) is 0.446. The normalized spacial score (nSPS) is 10.7. The second kappa shape index (κ2) is 5.22. The Labute approximate surface area is 118 Å². The van der Waals surface area contributed by atoms with Gasteiger partial charge in [-0.1, -0.05) is 30.3 Å². The van der Waals surface area contributed by atoms with Crippen LogP contribution in [0, 0.1) is 0 Å². The van der Waals surface area contributed by atoms with E-state index in [1.807, 2.05) is 30.3 Å². The van der Waals surface area contributed by atoms with Gasteiger partial charge in [0, 0.05) is 6.42 Å². The van der Waals surface area contributed by atoms with E-state index in [9.17, 15) is 4.79 Å². The van der Waals surface area contributed by atoms with Crippen molar-refractivity contribution in [3.8, 4) is 0 Å². The molecule has 0 saturated heterocycles. The number of nitrogens with zero attached hydrogens (tertiary/aromatic N) is 6. The van der Waals surface area contributed by atoms with E-state index in [1.54, 1.807) is 0 Å². The summed E-state index contributed by atoms with van der Waals surface area (Å²) in [6.07, 6.45) is 3.01. The lowest BCUT2D eigenvalue weighted by Crippen LogP contribution is -2.23. The van der Waals surface area contributed by atoms with Crippen LogP contribution in [0.2, 0.25) is 5.28 Å². The first-order valence-electron chi connectivity index (χ1n) is 5.79. The molecule has 0 bridgehead atoms. The number of carbonyl (C=O) groups excluding carboxylic acids is 1. The molecule has 3 rings (SSSR count). The molecule has 0 spiro atoms. The third-order valence-corrected chi connectivity index (χ3v) is 2.81. The molecule has 0 N–H and O–H groups in total. The van der Waals surface area contributed by atoms with E-state index in [0.29, 0.717) is 12.2 Å². The lowest BCUT2D eigenvalue weighted by molar-refractivity contribution is 0.237. The van der Waals surface area contributed by atoms with Crippen LogP contribution in [0.3, 0.4) is 0 Å². The van der Waals surface area contributed by atoms with Crippen molar-refractivity contribution >= 4 is 17.6 Å². The summed E-state index contributed by atoms with van der Waals surface area (Å²) in [7, 11) is 0. The van der Waals surface area contributed by atoms with Crippen molar-refractivity contribution in [2.24, 2.45) is 0 Å². The standard InChI is InChI=1S/C12H9ClN6O/c13-11-16-10(6-9-4-2-1-3-5-9)19(17-11)12(20)18-8-14-7-15-18/h1-5,7-8H,6H2. The van der Waals surface area contributed by atoms with Gasteiger partial charge >= 0.3 is 6.03 Å². The molecule has 7 nitrogen and oxygen atoms in total. The third kappa shape index (κ3) is 2.43. The summed E-state index contributed by atoms with van der Waals surface area (Å²) in [6.45, 7) is 0. The van der Waals surface area contributed by atoms with Gasteiger partial charge in [-0.25, -0.2) is 14.8 Å². The van der Waals surface area contributed by atoms with Gasteiger partial charge in [0.15, 0.2) is 0 Å². The SMILES string of the molecule is O=C(n1cncn1)n1nc(Cl)nc1Cc1ccccc1. The van der Waals surface area contributed by atoms with Crippen molar-refractivity contribution in [1.29, 1.82) is 0 Å². The minimum absolute atomic E-state index is 0.0180. The Morgan fingerprint density at radius 2 is 2.05 bits per heavy atom. The Morgan fingerprint density at radius 1 is 1.25 bits per heavy atom. The lowest BCUT2D eigenvalue weighted by Gasteiger charge is -2.03. The summed E-state index contributed by atoms with van der Waals surface area (Å²) in [6, 6.07) is 9.14. The molecule has 2 heterocycles. The second-order valence-electron chi connectivity index (χ2n) is 3.99. The molecule has 20 heavy (non-hydrogen) atoms. The van der Waals surface area contributed by atoms with Crippen LogP contribution in [0.5, 0.6) is 0 Å². The fraction of sp³-hybridized carbons (Fsp3) is 0.0833. The molecule has 3 aromatic rings. The van der Waals surface area contributed by atoms with Crippen LogP contribution < -0.4 is 0 Å². The number of hydrogen-bond donors (Lipinski definition) is 0. The van der Waals surface area contributed by atoms with Crippen LogP contribution in [0.25, 0.3) is 0 Å². The Bertz CT molecular complexity index is 722. The van der Waals surface area contributed by atoms with Gasteiger partial charge in [-0.2, -0.15) is 14.5 Å². The molecule has 0 fully saturated rings. The Kier molecular flexibility index (Phi) is 3.26. The average molecular weight is 289 g/mol. The Hall–Kier alpha value is -2.54. The molecular formula is C12H9ClN6O. The van der Waals surface area contributed by atoms with E-state index in [2.05, 4.69) is 20.2 Å². The number of halogens is 1. The van der Waals surface area contributed by atoms with Crippen LogP contribution in [-0.2, 0) is 6.42 Å². The predicted molar refractivity (Wildman–Crippen MR) is 70.5 cm³/mol. The van der Waals surface area contributed by atoms with Gasteiger partial charge in [0.2, 0.25) is 5.28 Å². The second-order valence-corrected chi connectivity index (χ2v) is 4.33. The average Bonchev–Trinajstić information content (AvgIpc) is 3.09. The molecular weight excluding hydrogens is 280 g/mol. The highest BCUT2D eigenvalue weighted by Crippen LogP contribution is 2.10. The van der Waals surface area contributed by atoms with Crippen LogP contribution in [-0.4, -0.2) is 35.6 Å². The number of aromatic nitrogens is 6. The highest BCUT2D eigenvalue weighted by molar-refractivity contribution is 6.28. The summed E-state index contributed by atoms with van der Waals surface area (Å²) in [5.41, 5.74) is 1.00. The topological polar surface area (TPSA) is 78.5 Å². The van der Waals surface area contributed by atoms with E-state index in [-0.39, 0.29) is 5.28 Å². The van der Waals surface area contributed by atoms with E-state index in [0.717, 1.165) is 14.9 Å². The van der Waals surface area contributed by atoms with Crippen molar-refractivity contribution in [1.82, 2.24) is 29.5 Å². The molecule has 100 valence electrons. The van der Waals surface area contributed by atoms with E-state index in [4.69, 9.17) is 11.6 Å². The van der Waals surface area contributed by atoms with Gasteiger partial charge < -0.3 is 0 Å². The molecule has 1 aromatic carbocycles. The lowest BCUT2D eigenvalue weighted by atomic mass is 10.1. The van der Waals surface area contributed by atoms with Crippen LogP contribution in [0.1, 0.15) is 11.4 Å². The quantitative estimate of drug-likeness (QED) is 0.716. The summed E-state index contributed by atoms with van der Waals surface area (Å²) < 4.78 is 2.20. The monoisotopic (exact) mass is 288 g/mol. The number of carbonyl (C=O) groups is 1. The molecule has 0 aliphatic rings. The van der Waals surface area contributed by atoms with Gasteiger partial charge in [0.25, 0.3) is 0 Å². The highest BCUT2D eigenvalue weighted by atomic mass is 35.5. The fourth-order valence-corrected chi connectivity index (χ4v) is 1.94. The molecule has 8 heteroatoms. The Morgan fingerprint density at radius 3 is 2.75 bits per heavy atom. The van der Waals surface area contributed by atoms with E-state index < -0.39 is 6.03 Å². The molecule has 0 aliphatic heterocycles. The summed E-state index contributed by atoms with van der Waals surface area (Å²) in [5, 5.41) is 7.69. The smallest absolute Gasteiger partial charge is 0.243 e. The maximum atomic E-state index is 12.2. The van der Waals surface area contributed by atoms with Gasteiger partial charge in [-0.05, 0) is 17.2 Å². The first kappa shape index (κ1) is 12.5. The van der Waals surface area contributed by atoms with Crippen LogP contribution >= 0.6 is 11.6 Å². The maximum absolute atomic E-state index is 12.2. The zero-order chi connectivity index (χ0) is 13.9. The van der Waals surface area contributed by atoms with Crippen molar-refractivity contribution in [3.05, 3.63) is 59.7 Å². The third-order valence-electron chi connectivity index (χ3n) is 2.65. The maximum Gasteiger partial charge on any atom is 0.372 e. The van der Waals surface area contributed by atoms with Gasteiger partial charge in [0.1, 0.15) is 18.5 Å². The molecule has 0 amide bonds. The van der Waals surface area contributed by atoms with Crippen molar-refractivity contribution in [3.63, 3.8) is 0 Å². The van der Waals surface area contributed by atoms with E-state index >= 15 is 0 Å². The molecule has 0 unspecified atom stereocenters. The van der Waals surface area contributed by atoms with Gasteiger partial charge in [-0.3, -0.25) is 0 Å². The van der Waals surface area contributed by atoms with Crippen molar-refractivity contribution in [2.45, 2.75) is 6.42 Å². The van der Waals surface area contributed by atoms with Crippen molar-refractivity contribution < 1.29 is 4.79 Å². The highest BCUT2D eigenvalue weighted by Gasteiger charge is 2.17. The summed E-state index contributed by atoms with van der Waals surface area (Å²) >= 11 is 5.80. The first-order valence-corrected chi connectivity index (χ1v) is 6.16. The largest absolute Gasteiger partial charge is 0.372 e. The van der Waals surface area contributed by atoms with Gasteiger partial charge in [-0.15, -0.1) is 5.10 Å². The molecule has 2 aromatic heterocycles. The van der Waals surface area contributed by atoms with Crippen LogP contribution in [0.4, 0.5) is 4.79 Å². The zero-order valence-electron chi connectivity index (χ0n) is 10.2. The minimum Gasteiger partial charge on any atom is -0.243 e. The Balaban J connectivity index is 1.94. The summed E-state index contributed by atoms with van der Waals surface area (Å²) in [4.78, 5) is 20.0. The van der Waals surface area contributed by atoms with E-state index in [1.165, 1.54) is 12.7 Å². The predicted octanol–water partition coefficient (Wildman–Crippen LogP) is 1.63. The molecule has 0 aliphatic carbocycles. The van der Waals surface area contributed by atoms with Crippen molar-refractivity contribution in [2.75, 3.05) is 0 Å². The van der Waals surface area contributed by atoms with Crippen LogP contribution in [0.15, 0.2) is 43.0 Å². The number of benzene rings is 1. The molecule has 0 saturated carbocycles. The zero-order valence-corrected chi connectivity index (χ0v) is 11.0. The number of hydrogen-bond acceptors (Lipinski definition) is 5. The molecule has 0 radical (unpaired) electrons. The van der Waals surface area contributed by atoms with Gasteiger partial charge in [0.05, 0.1) is 0 Å². The minimum atomic E-state index is -0.479.